The quantitative estimate of drug-likeness (QED) is 0.206. The third-order valence-corrected chi connectivity index (χ3v) is 6.63. The number of amides is 1. The summed E-state index contributed by atoms with van der Waals surface area (Å²) in [4.78, 5) is 20.6. The lowest BCUT2D eigenvalue weighted by atomic mass is 9.92. The SMILES string of the molecule is C[C@@H](c1ccccc1)[C@H](NC(=O)C(N)c1ccc(OCCO)cc1)c1ncc(-c2c(F)cc(Br)cc2F)[nH]1. The van der Waals surface area contributed by atoms with E-state index in [9.17, 15) is 13.6 Å². The van der Waals surface area contributed by atoms with Crippen LogP contribution in [0.3, 0.4) is 0 Å². The van der Waals surface area contributed by atoms with E-state index in [1.54, 1.807) is 24.3 Å². The summed E-state index contributed by atoms with van der Waals surface area (Å²) < 4.78 is 34.8. The standard InChI is InChI=1S/C28H27BrF2N4O3/c1-16(17-5-3-2-4-6-17)26(27-33-15-23(34-27)24-21(30)13-19(29)14-22(24)31)35-28(37)25(32)18-7-9-20(10-8-18)38-12-11-36/h2-10,13-16,25-26,36H,11-12,32H2,1H3,(H,33,34)(H,35,37)/t16-,25?,26-/m0/s1. The van der Waals surface area contributed by atoms with Crippen molar-refractivity contribution in [2.75, 3.05) is 13.2 Å². The van der Waals surface area contributed by atoms with Gasteiger partial charge in [0, 0.05) is 10.4 Å². The van der Waals surface area contributed by atoms with Gasteiger partial charge in [0.1, 0.15) is 35.9 Å². The minimum Gasteiger partial charge on any atom is -0.491 e. The van der Waals surface area contributed by atoms with E-state index in [-0.39, 0.29) is 34.9 Å². The Labute approximate surface area is 227 Å². The molecule has 0 spiro atoms. The fourth-order valence-electron chi connectivity index (χ4n) is 4.13. The molecule has 38 heavy (non-hydrogen) atoms. The minimum absolute atomic E-state index is 0.111. The third kappa shape index (κ3) is 6.27. The number of carbonyl (C=O) groups is 1. The van der Waals surface area contributed by atoms with Gasteiger partial charge in [-0.3, -0.25) is 4.79 Å². The molecule has 1 aromatic heterocycles. The molecule has 4 aromatic rings. The number of aliphatic hydroxyl groups excluding tert-OH is 1. The molecule has 10 heteroatoms. The highest BCUT2D eigenvalue weighted by molar-refractivity contribution is 9.10. The lowest BCUT2D eigenvalue weighted by Crippen LogP contribution is -2.39. The number of aromatic amines is 1. The van der Waals surface area contributed by atoms with Crippen molar-refractivity contribution in [3.05, 3.63) is 106 Å². The van der Waals surface area contributed by atoms with Gasteiger partial charge in [-0.15, -0.1) is 0 Å². The topological polar surface area (TPSA) is 113 Å². The Bertz CT molecular complexity index is 1360. The number of nitrogens with two attached hydrogens (primary N) is 1. The van der Waals surface area contributed by atoms with Crippen LogP contribution in [0, 0.1) is 11.6 Å². The van der Waals surface area contributed by atoms with Crippen LogP contribution < -0.4 is 15.8 Å². The van der Waals surface area contributed by atoms with Gasteiger partial charge in [0.15, 0.2) is 0 Å². The summed E-state index contributed by atoms with van der Waals surface area (Å²) in [7, 11) is 0. The zero-order valence-corrected chi connectivity index (χ0v) is 22.1. The van der Waals surface area contributed by atoms with Gasteiger partial charge in [-0.1, -0.05) is 65.3 Å². The van der Waals surface area contributed by atoms with E-state index in [0.29, 0.717) is 17.1 Å². The van der Waals surface area contributed by atoms with Gasteiger partial charge in [-0.2, -0.15) is 0 Å². The average Bonchev–Trinajstić information content (AvgIpc) is 3.39. The van der Waals surface area contributed by atoms with Crippen molar-refractivity contribution in [1.82, 2.24) is 15.3 Å². The molecule has 1 amide bonds. The number of benzene rings is 3. The first-order valence-corrected chi connectivity index (χ1v) is 12.7. The number of carbonyl (C=O) groups excluding carboxylic acids is 1. The maximum Gasteiger partial charge on any atom is 0.242 e. The molecule has 4 rings (SSSR count). The molecule has 0 fully saturated rings. The number of aliphatic hydroxyl groups is 1. The number of ether oxygens (including phenoxy) is 1. The lowest BCUT2D eigenvalue weighted by molar-refractivity contribution is -0.123. The van der Waals surface area contributed by atoms with Crippen molar-refractivity contribution in [1.29, 1.82) is 0 Å². The Kier molecular flexibility index (Phi) is 8.88. The van der Waals surface area contributed by atoms with E-state index >= 15 is 0 Å². The van der Waals surface area contributed by atoms with E-state index in [0.717, 1.165) is 5.56 Å². The van der Waals surface area contributed by atoms with Crippen molar-refractivity contribution >= 4 is 21.8 Å². The predicted octanol–water partition coefficient (Wildman–Crippen LogP) is 5.15. The molecule has 0 saturated heterocycles. The summed E-state index contributed by atoms with van der Waals surface area (Å²) in [6.45, 7) is 1.96. The van der Waals surface area contributed by atoms with Gasteiger partial charge in [-0.25, -0.2) is 13.8 Å². The molecule has 1 unspecified atom stereocenters. The van der Waals surface area contributed by atoms with Crippen LogP contribution in [0.15, 0.2) is 77.4 Å². The van der Waals surface area contributed by atoms with Crippen LogP contribution in [0.25, 0.3) is 11.3 Å². The Balaban J connectivity index is 1.62. The van der Waals surface area contributed by atoms with Crippen LogP contribution in [0.1, 0.15) is 41.9 Å². The Morgan fingerprint density at radius 3 is 2.39 bits per heavy atom. The van der Waals surface area contributed by atoms with Gasteiger partial charge in [0.25, 0.3) is 0 Å². The molecule has 0 aliphatic carbocycles. The van der Waals surface area contributed by atoms with E-state index in [1.807, 2.05) is 37.3 Å². The second-order valence-corrected chi connectivity index (χ2v) is 9.65. The lowest BCUT2D eigenvalue weighted by Gasteiger charge is -2.25. The number of aromatic nitrogens is 2. The average molecular weight is 585 g/mol. The molecular formula is C28H27BrF2N4O3. The largest absolute Gasteiger partial charge is 0.491 e. The maximum absolute atomic E-state index is 14.6. The fourth-order valence-corrected chi connectivity index (χ4v) is 4.53. The monoisotopic (exact) mass is 584 g/mol. The van der Waals surface area contributed by atoms with Crippen LogP contribution in [0.2, 0.25) is 0 Å². The maximum atomic E-state index is 14.6. The summed E-state index contributed by atoms with van der Waals surface area (Å²) in [5.74, 6) is -1.36. The second kappa shape index (κ2) is 12.3. The molecule has 5 N–H and O–H groups in total. The zero-order valence-electron chi connectivity index (χ0n) is 20.5. The molecule has 3 aromatic carbocycles. The van der Waals surface area contributed by atoms with Crippen molar-refractivity contribution in [3.63, 3.8) is 0 Å². The van der Waals surface area contributed by atoms with Gasteiger partial charge < -0.3 is 25.9 Å². The molecular weight excluding hydrogens is 558 g/mol. The van der Waals surface area contributed by atoms with Crippen molar-refractivity contribution in [3.8, 4) is 17.0 Å². The van der Waals surface area contributed by atoms with Crippen molar-refractivity contribution < 1.29 is 23.4 Å². The van der Waals surface area contributed by atoms with Gasteiger partial charge in [-0.05, 0) is 35.4 Å². The second-order valence-electron chi connectivity index (χ2n) is 8.73. The highest BCUT2D eigenvalue weighted by Crippen LogP contribution is 2.33. The number of H-pyrrole nitrogens is 1. The summed E-state index contributed by atoms with van der Waals surface area (Å²) in [6.07, 6.45) is 1.34. The van der Waals surface area contributed by atoms with Crippen LogP contribution in [0.5, 0.6) is 5.75 Å². The molecule has 1 heterocycles. The number of hydrogen-bond acceptors (Lipinski definition) is 5. The normalized spacial score (nSPS) is 13.5. The summed E-state index contributed by atoms with van der Waals surface area (Å²) in [5.41, 5.74) is 7.66. The molecule has 198 valence electrons. The van der Waals surface area contributed by atoms with Gasteiger partial charge in [0.05, 0.1) is 30.1 Å². The summed E-state index contributed by atoms with van der Waals surface area (Å²) >= 11 is 3.09. The Morgan fingerprint density at radius 1 is 1.11 bits per heavy atom. The third-order valence-electron chi connectivity index (χ3n) is 6.17. The molecule has 0 radical (unpaired) electrons. The molecule has 7 nitrogen and oxygen atoms in total. The molecule has 0 bridgehead atoms. The zero-order chi connectivity index (χ0) is 27.2. The van der Waals surface area contributed by atoms with Crippen LogP contribution in [0.4, 0.5) is 8.78 Å². The van der Waals surface area contributed by atoms with Gasteiger partial charge >= 0.3 is 0 Å². The Morgan fingerprint density at radius 2 is 1.76 bits per heavy atom. The van der Waals surface area contributed by atoms with E-state index in [2.05, 4.69) is 31.2 Å². The number of rotatable bonds is 10. The van der Waals surface area contributed by atoms with Crippen LogP contribution >= 0.6 is 15.9 Å². The van der Waals surface area contributed by atoms with Crippen molar-refractivity contribution in [2.45, 2.75) is 24.9 Å². The number of halogens is 3. The number of hydrogen-bond donors (Lipinski definition) is 4. The van der Waals surface area contributed by atoms with Gasteiger partial charge in [0.2, 0.25) is 5.91 Å². The number of nitrogens with zero attached hydrogens (tertiary/aromatic N) is 1. The molecule has 3 atom stereocenters. The van der Waals surface area contributed by atoms with Crippen molar-refractivity contribution in [2.24, 2.45) is 5.73 Å². The summed E-state index contributed by atoms with van der Waals surface area (Å²) in [6, 6.07) is 16.9. The van der Waals surface area contributed by atoms with Crippen LogP contribution in [-0.2, 0) is 4.79 Å². The number of nitrogens with one attached hydrogen (secondary N) is 2. The van der Waals surface area contributed by atoms with E-state index in [4.69, 9.17) is 15.6 Å². The smallest absolute Gasteiger partial charge is 0.242 e. The Hall–Kier alpha value is -3.60. The fraction of sp³-hybridized carbons (Fsp3) is 0.214. The summed E-state index contributed by atoms with van der Waals surface area (Å²) in [5, 5.41) is 11.9. The number of imidazole rings is 1. The predicted molar refractivity (Wildman–Crippen MR) is 143 cm³/mol. The highest BCUT2D eigenvalue weighted by atomic mass is 79.9. The minimum atomic E-state index is -0.997. The highest BCUT2D eigenvalue weighted by Gasteiger charge is 2.29. The first kappa shape index (κ1) is 27.4. The molecule has 0 saturated carbocycles. The first-order chi connectivity index (χ1) is 18.3. The molecule has 0 aliphatic rings. The van der Waals surface area contributed by atoms with Crippen LogP contribution in [-0.4, -0.2) is 34.2 Å². The van der Waals surface area contributed by atoms with E-state index < -0.39 is 29.6 Å². The molecule has 0 aliphatic heterocycles. The van der Waals surface area contributed by atoms with E-state index in [1.165, 1.54) is 18.3 Å². The first-order valence-electron chi connectivity index (χ1n) is 11.9.